The van der Waals surface area contributed by atoms with E-state index in [1.807, 2.05) is 69.3 Å². The maximum atomic E-state index is 13.3. The number of amides is 2. The summed E-state index contributed by atoms with van der Waals surface area (Å²) in [7, 11) is 0. The summed E-state index contributed by atoms with van der Waals surface area (Å²) in [6.07, 6.45) is 1.92. The van der Waals surface area contributed by atoms with Crippen LogP contribution in [0.25, 0.3) is 11.8 Å². The van der Waals surface area contributed by atoms with Crippen LogP contribution in [0, 0.1) is 13.8 Å². The van der Waals surface area contributed by atoms with E-state index in [0.717, 1.165) is 28.3 Å². The van der Waals surface area contributed by atoms with Crippen molar-refractivity contribution in [3.8, 4) is 5.69 Å². The number of hydrogen-bond acceptors (Lipinski definition) is 5. The fourth-order valence-electron chi connectivity index (χ4n) is 3.95. The van der Waals surface area contributed by atoms with E-state index < -0.39 is 5.91 Å². The molecule has 2 aromatic carbocycles. The second-order valence-electron chi connectivity index (χ2n) is 8.07. The van der Waals surface area contributed by atoms with E-state index in [1.165, 1.54) is 11.8 Å². The fourth-order valence-corrected chi connectivity index (χ4v) is 4.96. The van der Waals surface area contributed by atoms with Gasteiger partial charge in [0.15, 0.2) is 5.17 Å². The maximum Gasteiger partial charge on any atom is 0.266 e. The van der Waals surface area contributed by atoms with E-state index >= 15 is 0 Å². The van der Waals surface area contributed by atoms with Gasteiger partial charge in [-0.15, -0.1) is 0 Å². The molecule has 1 aromatic heterocycles. The van der Waals surface area contributed by atoms with Crippen molar-refractivity contribution in [2.24, 2.45) is 10.7 Å². The van der Waals surface area contributed by atoms with Crippen LogP contribution < -0.4 is 5.73 Å². The Balaban J connectivity index is 1.67. The van der Waals surface area contributed by atoms with Gasteiger partial charge in [0.1, 0.15) is 0 Å². The van der Waals surface area contributed by atoms with Gasteiger partial charge in [-0.2, -0.15) is 0 Å². The van der Waals surface area contributed by atoms with Crippen LogP contribution in [0.3, 0.4) is 0 Å². The van der Waals surface area contributed by atoms with Gasteiger partial charge in [-0.1, -0.05) is 18.2 Å². The van der Waals surface area contributed by atoms with E-state index in [1.54, 1.807) is 17.0 Å². The van der Waals surface area contributed by atoms with Crippen molar-refractivity contribution in [3.05, 3.63) is 88.1 Å². The topological polar surface area (TPSA) is 89.9 Å². The molecule has 0 spiro atoms. The molecular formula is C27H28N4O3S. The van der Waals surface area contributed by atoms with Crippen LogP contribution in [0.1, 0.15) is 34.2 Å². The highest BCUT2D eigenvalue weighted by molar-refractivity contribution is 8.18. The summed E-state index contributed by atoms with van der Waals surface area (Å²) >= 11 is 1.37. The lowest BCUT2D eigenvalue weighted by Crippen LogP contribution is -2.32. The zero-order valence-corrected chi connectivity index (χ0v) is 20.8. The van der Waals surface area contributed by atoms with Crippen molar-refractivity contribution in [1.82, 2.24) is 9.47 Å². The van der Waals surface area contributed by atoms with Gasteiger partial charge in [-0.25, -0.2) is 4.99 Å². The highest BCUT2D eigenvalue weighted by Crippen LogP contribution is 2.35. The standard InChI is InChI=1S/C27H28N4O3S/c1-4-34-15-14-30-26(33)24(35-27(30)29-22-8-6-5-7-9-22)17-21-16-18(2)31(19(21)3)23-12-10-20(11-13-23)25(28)32/h5-13,16-17H,4,14-15H2,1-3H3,(H2,28,32)/b24-17-,29-27?. The summed E-state index contributed by atoms with van der Waals surface area (Å²) in [5.74, 6) is -0.540. The van der Waals surface area contributed by atoms with E-state index in [2.05, 4.69) is 10.6 Å². The van der Waals surface area contributed by atoms with E-state index in [-0.39, 0.29) is 5.91 Å². The molecule has 3 aromatic rings. The van der Waals surface area contributed by atoms with Crippen LogP contribution in [0.2, 0.25) is 0 Å². The minimum Gasteiger partial charge on any atom is -0.380 e. The molecule has 2 heterocycles. The van der Waals surface area contributed by atoms with Gasteiger partial charge in [0.05, 0.1) is 23.7 Å². The number of amidine groups is 1. The summed E-state index contributed by atoms with van der Waals surface area (Å²) in [4.78, 5) is 31.8. The summed E-state index contributed by atoms with van der Waals surface area (Å²) < 4.78 is 7.59. The first-order valence-electron chi connectivity index (χ1n) is 11.4. The molecule has 0 unspecified atom stereocenters. The lowest BCUT2D eigenvalue weighted by atomic mass is 10.2. The number of primary amides is 1. The van der Waals surface area contributed by atoms with Gasteiger partial charge in [0.2, 0.25) is 5.91 Å². The molecule has 2 amide bonds. The third-order valence-corrected chi connectivity index (χ3v) is 6.71. The molecule has 0 aliphatic carbocycles. The molecule has 4 rings (SSSR count). The molecule has 0 bridgehead atoms. The molecule has 1 aliphatic heterocycles. The molecule has 8 heteroatoms. The smallest absolute Gasteiger partial charge is 0.266 e. The Morgan fingerprint density at radius 3 is 2.49 bits per heavy atom. The van der Waals surface area contributed by atoms with Crippen LogP contribution in [-0.4, -0.2) is 46.2 Å². The summed E-state index contributed by atoms with van der Waals surface area (Å²) in [6, 6.07) is 18.8. The molecule has 2 N–H and O–H groups in total. The second-order valence-corrected chi connectivity index (χ2v) is 9.08. The van der Waals surface area contributed by atoms with Crippen molar-refractivity contribution >= 4 is 40.5 Å². The number of hydrogen-bond donors (Lipinski definition) is 1. The number of thioether (sulfide) groups is 1. The molecule has 0 radical (unpaired) electrons. The summed E-state index contributed by atoms with van der Waals surface area (Å²) in [5.41, 5.74) is 10.5. The van der Waals surface area contributed by atoms with Crippen molar-refractivity contribution in [3.63, 3.8) is 0 Å². The predicted molar refractivity (Wildman–Crippen MR) is 141 cm³/mol. The van der Waals surface area contributed by atoms with Crippen LogP contribution in [0.5, 0.6) is 0 Å². The zero-order chi connectivity index (χ0) is 24.9. The van der Waals surface area contributed by atoms with E-state index in [4.69, 9.17) is 15.5 Å². The van der Waals surface area contributed by atoms with Crippen LogP contribution in [0.15, 0.2) is 70.6 Å². The number of rotatable bonds is 8. The zero-order valence-electron chi connectivity index (χ0n) is 20.0. The Labute approximate surface area is 209 Å². The molecule has 0 saturated carbocycles. The van der Waals surface area contributed by atoms with Crippen molar-refractivity contribution in [1.29, 1.82) is 0 Å². The number of aromatic nitrogens is 1. The van der Waals surface area contributed by atoms with Crippen molar-refractivity contribution < 1.29 is 14.3 Å². The lowest BCUT2D eigenvalue weighted by molar-refractivity contribution is -0.122. The Bertz CT molecular complexity index is 1290. The largest absolute Gasteiger partial charge is 0.380 e. The van der Waals surface area contributed by atoms with Gasteiger partial charge in [-0.3, -0.25) is 14.5 Å². The normalized spacial score (nSPS) is 16.0. The molecule has 1 aliphatic rings. The number of carbonyl (C=O) groups excluding carboxylic acids is 2. The first kappa shape index (κ1) is 24.5. The first-order chi connectivity index (χ1) is 16.9. The number of para-hydroxylation sites is 1. The Morgan fingerprint density at radius 2 is 1.83 bits per heavy atom. The third-order valence-electron chi connectivity index (χ3n) is 5.70. The molecule has 1 fully saturated rings. The van der Waals surface area contributed by atoms with Gasteiger partial charge < -0.3 is 15.0 Å². The Morgan fingerprint density at radius 1 is 1.11 bits per heavy atom. The SMILES string of the molecule is CCOCCN1C(=O)/C(=C/c2cc(C)n(-c3ccc(C(N)=O)cc3)c2C)SC1=Nc1ccccc1. The van der Waals surface area contributed by atoms with Gasteiger partial charge in [0, 0.05) is 29.2 Å². The average molecular weight is 489 g/mol. The number of ether oxygens (including phenoxy) is 1. The highest BCUT2D eigenvalue weighted by Gasteiger charge is 2.33. The van der Waals surface area contributed by atoms with Crippen LogP contribution >= 0.6 is 11.8 Å². The minimum atomic E-state index is -0.457. The molecule has 180 valence electrons. The van der Waals surface area contributed by atoms with Gasteiger partial charge in [-0.05, 0) is 86.6 Å². The lowest BCUT2D eigenvalue weighted by Gasteiger charge is -2.15. The van der Waals surface area contributed by atoms with Crippen LogP contribution in [0.4, 0.5) is 5.69 Å². The number of benzene rings is 2. The minimum absolute atomic E-state index is 0.0833. The van der Waals surface area contributed by atoms with Crippen LogP contribution in [-0.2, 0) is 9.53 Å². The number of aryl methyl sites for hydroxylation is 1. The Hall–Kier alpha value is -3.62. The second kappa shape index (κ2) is 10.8. The third kappa shape index (κ3) is 5.39. The van der Waals surface area contributed by atoms with E-state index in [9.17, 15) is 9.59 Å². The molecule has 7 nitrogen and oxygen atoms in total. The highest BCUT2D eigenvalue weighted by atomic mass is 32.2. The van der Waals surface area contributed by atoms with Crippen molar-refractivity contribution in [2.75, 3.05) is 19.8 Å². The maximum absolute atomic E-state index is 13.3. The Kier molecular flexibility index (Phi) is 7.53. The fraction of sp³-hybridized carbons (Fsp3) is 0.222. The van der Waals surface area contributed by atoms with Crippen molar-refractivity contribution in [2.45, 2.75) is 20.8 Å². The number of carbonyl (C=O) groups is 2. The summed E-state index contributed by atoms with van der Waals surface area (Å²) in [5, 5.41) is 0.642. The van der Waals surface area contributed by atoms with Gasteiger partial charge in [0.25, 0.3) is 5.91 Å². The molecule has 0 atom stereocenters. The monoisotopic (exact) mass is 488 g/mol. The number of nitrogens with two attached hydrogens (primary N) is 1. The average Bonchev–Trinajstić information content (AvgIpc) is 3.29. The first-order valence-corrected chi connectivity index (χ1v) is 12.2. The molecular weight excluding hydrogens is 460 g/mol. The number of aliphatic imine (C=N–C) groups is 1. The number of nitrogens with zero attached hydrogens (tertiary/aromatic N) is 3. The summed E-state index contributed by atoms with van der Waals surface area (Å²) in [6.45, 7) is 7.43. The predicted octanol–water partition coefficient (Wildman–Crippen LogP) is 4.83. The van der Waals surface area contributed by atoms with E-state index in [0.29, 0.717) is 35.4 Å². The molecule has 35 heavy (non-hydrogen) atoms. The quantitative estimate of drug-likeness (QED) is 0.363. The molecule has 1 saturated heterocycles. The van der Waals surface area contributed by atoms with Gasteiger partial charge >= 0.3 is 0 Å².